The second kappa shape index (κ2) is 9.64. The minimum absolute atomic E-state index is 0.155. The molecular weight excluding hydrogens is 434 g/mol. The van der Waals surface area contributed by atoms with Crippen molar-refractivity contribution in [2.75, 3.05) is 12.4 Å². The fraction of sp³-hybridized carbons (Fsp3) is 0.280. The van der Waals surface area contributed by atoms with Gasteiger partial charge in [0, 0.05) is 24.0 Å². The summed E-state index contributed by atoms with van der Waals surface area (Å²) in [7, 11) is 1.61. The lowest BCUT2D eigenvalue weighted by Crippen LogP contribution is -2.18. The number of anilines is 2. The number of thiazole rings is 1. The molecule has 8 heteroatoms. The highest BCUT2D eigenvalue weighted by molar-refractivity contribution is 7.22. The molecule has 0 saturated heterocycles. The van der Waals surface area contributed by atoms with Crippen LogP contribution in [0.2, 0.25) is 0 Å². The van der Waals surface area contributed by atoms with Gasteiger partial charge in [-0.15, -0.1) is 0 Å². The number of aliphatic imine (C=N–C) groups is 1. The molecule has 0 spiro atoms. The molecular formula is C25H25N5O2S. The summed E-state index contributed by atoms with van der Waals surface area (Å²) in [5, 5.41) is 13.8. The van der Waals surface area contributed by atoms with E-state index in [0.717, 1.165) is 52.2 Å². The number of fused-ring (bicyclic) bond motifs is 1. The Hall–Kier alpha value is -3.36. The Morgan fingerprint density at radius 2 is 1.91 bits per heavy atom. The number of methoxy groups -OCH3 is 1. The van der Waals surface area contributed by atoms with Crippen molar-refractivity contribution in [1.82, 2.24) is 15.0 Å². The largest absolute Gasteiger partial charge is 0.481 e. The fourth-order valence-electron chi connectivity index (χ4n) is 3.94. The third-order valence-corrected chi connectivity index (χ3v) is 6.73. The molecule has 3 aromatic heterocycles. The summed E-state index contributed by atoms with van der Waals surface area (Å²) in [6, 6.07) is 15.8. The molecule has 4 aromatic rings. The second-order valence-electron chi connectivity index (χ2n) is 8.14. The summed E-state index contributed by atoms with van der Waals surface area (Å²) >= 11 is 1.58. The summed E-state index contributed by atoms with van der Waals surface area (Å²) < 4.78 is 6.23. The molecule has 5 rings (SSSR count). The fourth-order valence-corrected chi connectivity index (χ4v) is 4.85. The summed E-state index contributed by atoms with van der Waals surface area (Å²) in [5.74, 6) is 2.38. The molecule has 0 atom stereocenters. The number of aromatic nitrogens is 3. The molecule has 0 unspecified atom stereocenters. The summed E-state index contributed by atoms with van der Waals surface area (Å²) in [5.41, 5.74) is 3.04. The van der Waals surface area contributed by atoms with Gasteiger partial charge in [-0.1, -0.05) is 23.5 Å². The zero-order chi connectivity index (χ0) is 22.6. The number of ether oxygens (including phenoxy) is 1. The van der Waals surface area contributed by atoms with Gasteiger partial charge in [0.05, 0.1) is 23.4 Å². The molecule has 1 aromatic carbocycles. The lowest BCUT2D eigenvalue weighted by atomic mass is 9.88. The zero-order valence-corrected chi connectivity index (χ0v) is 19.1. The highest BCUT2D eigenvalue weighted by atomic mass is 32.1. The van der Waals surface area contributed by atoms with Crippen molar-refractivity contribution < 1.29 is 9.84 Å². The molecule has 7 nitrogen and oxygen atoms in total. The van der Waals surface area contributed by atoms with Crippen LogP contribution in [0.4, 0.5) is 16.8 Å². The van der Waals surface area contributed by atoms with Crippen molar-refractivity contribution >= 4 is 44.5 Å². The maximum atomic E-state index is 9.66. The molecule has 1 aliphatic carbocycles. The summed E-state index contributed by atoms with van der Waals surface area (Å²) in [4.78, 5) is 18.2. The minimum atomic E-state index is -0.155. The van der Waals surface area contributed by atoms with Gasteiger partial charge in [0.2, 0.25) is 5.88 Å². The Morgan fingerprint density at radius 1 is 1.06 bits per heavy atom. The molecule has 0 aliphatic heterocycles. The van der Waals surface area contributed by atoms with E-state index in [1.807, 2.05) is 54.9 Å². The van der Waals surface area contributed by atoms with Gasteiger partial charge in [-0.2, -0.15) is 0 Å². The number of rotatable bonds is 6. The Morgan fingerprint density at radius 3 is 2.70 bits per heavy atom. The molecule has 0 bridgehead atoms. The predicted octanol–water partition coefficient (Wildman–Crippen LogP) is 5.76. The maximum absolute atomic E-state index is 9.66. The third-order valence-electron chi connectivity index (χ3n) is 5.80. The van der Waals surface area contributed by atoms with Crippen LogP contribution in [0.15, 0.2) is 59.7 Å². The van der Waals surface area contributed by atoms with Crippen molar-refractivity contribution in [1.29, 1.82) is 0 Å². The quantitative estimate of drug-likeness (QED) is 0.356. The molecule has 1 fully saturated rings. The molecule has 168 valence electrons. The van der Waals surface area contributed by atoms with E-state index in [4.69, 9.17) is 9.72 Å². The van der Waals surface area contributed by atoms with Gasteiger partial charge >= 0.3 is 0 Å². The van der Waals surface area contributed by atoms with Crippen LogP contribution >= 0.6 is 11.3 Å². The van der Waals surface area contributed by atoms with Crippen molar-refractivity contribution in [3.05, 3.63) is 54.7 Å². The van der Waals surface area contributed by atoms with E-state index in [-0.39, 0.29) is 6.10 Å². The van der Waals surface area contributed by atoms with E-state index in [1.54, 1.807) is 18.4 Å². The topological polar surface area (TPSA) is 92.5 Å². The van der Waals surface area contributed by atoms with Gasteiger partial charge in [-0.25, -0.2) is 19.9 Å². The van der Waals surface area contributed by atoms with Crippen molar-refractivity contribution in [3.63, 3.8) is 0 Å². The number of nitrogens with zero attached hydrogens (tertiary/aromatic N) is 4. The first-order valence-electron chi connectivity index (χ1n) is 11.0. The van der Waals surface area contributed by atoms with E-state index >= 15 is 0 Å². The standard InChI is InChI=1S/C25H25N5O2S/c1-32-24-12-8-18(15-27-24)17-7-11-20-21(13-17)33-25(28-20)30-23-4-2-3-22(29-23)26-14-16-5-9-19(31)10-6-16/h2-4,7-8,11-16,19,31H,5-6,9-10H2,1H3,(H,28,29,30). The molecule has 2 N–H and O–H groups in total. The summed E-state index contributed by atoms with van der Waals surface area (Å²) in [6.07, 6.45) is 7.28. The Balaban J connectivity index is 1.30. The van der Waals surface area contributed by atoms with Crippen LogP contribution in [0.3, 0.4) is 0 Å². The number of nitrogens with one attached hydrogen (secondary N) is 1. The number of hydrogen-bond donors (Lipinski definition) is 2. The lowest BCUT2D eigenvalue weighted by Gasteiger charge is -2.21. The Kier molecular flexibility index (Phi) is 6.28. The van der Waals surface area contributed by atoms with Crippen LogP contribution in [-0.2, 0) is 0 Å². The SMILES string of the molecule is COc1ccc(-c2ccc3nc(Nc4cccc(N=CC5CCC(O)CC5)n4)sc3c2)cn1. The zero-order valence-electron chi connectivity index (χ0n) is 18.3. The van der Waals surface area contributed by atoms with Gasteiger partial charge in [0.25, 0.3) is 0 Å². The number of aliphatic hydroxyl groups is 1. The van der Waals surface area contributed by atoms with Crippen molar-refractivity contribution in [2.45, 2.75) is 31.8 Å². The first-order valence-corrected chi connectivity index (χ1v) is 11.9. The van der Waals surface area contributed by atoms with Crippen LogP contribution in [-0.4, -0.2) is 39.5 Å². The number of hydrogen-bond acceptors (Lipinski definition) is 8. The molecule has 33 heavy (non-hydrogen) atoms. The second-order valence-corrected chi connectivity index (χ2v) is 9.17. The Labute approximate surface area is 196 Å². The van der Waals surface area contributed by atoms with Gasteiger partial charge in [0.1, 0.15) is 5.82 Å². The molecule has 1 saturated carbocycles. The van der Waals surface area contributed by atoms with E-state index in [0.29, 0.717) is 23.4 Å². The number of aliphatic hydroxyl groups excluding tert-OH is 1. The van der Waals surface area contributed by atoms with Crippen LogP contribution in [0.25, 0.3) is 21.3 Å². The average molecular weight is 460 g/mol. The highest BCUT2D eigenvalue weighted by Gasteiger charge is 2.17. The van der Waals surface area contributed by atoms with Crippen LogP contribution in [0.1, 0.15) is 25.7 Å². The first-order chi connectivity index (χ1) is 16.2. The van der Waals surface area contributed by atoms with Gasteiger partial charge in [0.15, 0.2) is 10.9 Å². The summed E-state index contributed by atoms with van der Waals surface area (Å²) in [6.45, 7) is 0. The van der Waals surface area contributed by atoms with E-state index in [2.05, 4.69) is 26.3 Å². The number of benzene rings is 1. The van der Waals surface area contributed by atoms with E-state index in [1.165, 1.54) is 0 Å². The van der Waals surface area contributed by atoms with E-state index in [9.17, 15) is 5.11 Å². The molecule has 0 amide bonds. The lowest BCUT2D eigenvalue weighted by molar-refractivity contribution is 0.121. The maximum Gasteiger partial charge on any atom is 0.212 e. The number of pyridine rings is 2. The highest BCUT2D eigenvalue weighted by Crippen LogP contribution is 2.32. The average Bonchev–Trinajstić information content (AvgIpc) is 3.25. The minimum Gasteiger partial charge on any atom is -0.481 e. The van der Waals surface area contributed by atoms with Crippen LogP contribution < -0.4 is 10.1 Å². The van der Waals surface area contributed by atoms with Crippen molar-refractivity contribution in [2.24, 2.45) is 10.9 Å². The normalized spacial score (nSPS) is 18.6. The molecule has 3 heterocycles. The van der Waals surface area contributed by atoms with Crippen LogP contribution in [0, 0.1) is 5.92 Å². The van der Waals surface area contributed by atoms with Crippen LogP contribution in [0.5, 0.6) is 5.88 Å². The smallest absolute Gasteiger partial charge is 0.212 e. The molecule has 0 radical (unpaired) electrons. The molecule has 1 aliphatic rings. The van der Waals surface area contributed by atoms with Gasteiger partial charge in [-0.05, 0) is 67.5 Å². The third kappa shape index (κ3) is 5.18. The van der Waals surface area contributed by atoms with Gasteiger partial charge < -0.3 is 15.2 Å². The van der Waals surface area contributed by atoms with E-state index < -0.39 is 0 Å². The monoisotopic (exact) mass is 459 g/mol. The predicted molar refractivity (Wildman–Crippen MR) is 133 cm³/mol. The van der Waals surface area contributed by atoms with Gasteiger partial charge in [-0.3, -0.25) is 0 Å². The first kappa shape index (κ1) is 21.5. The van der Waals surface area contributed by atoms with Crippen molar-refractivity contribution in [3.8, 4) is 17.0 Å². The Bertz CT molecular complexity index is 1260.